The van der Waals surface area contributed by atoms with Crippen molar-refractivity contribution >= 4 is 5.97 Å². The third-order valence-electron chi connectivity index (χ3n) is 6.33. The maximum Gasteiger partial charge on any atom is 0.338 e. The Kier molecular flexibility index (Phi) is 7.62. The van der Waals surface area contributed by atoms with Crippen molar-refractivity contribution in [2.75, 3.05) is 20.3 Å². The average molecular weight is 496 g/mol. The molecule has 2 heterocycles. The van der Waals surface area contributed by atoms with Crippen molar-refractivity contribution in [1.29, 1.82) is 0 Å². The molecular weight excluding hydrogens is 468 g/mol. The molecule has 35 heavy (non-hydrogen) atoms. The minimum Gasteiger partial charge on any atom is -0.504 e. The lowest BCUT2D eigenvalue weighted by atomic mass is 9.88. The minimum atomic E-state index is -1.64. The highest BCUT2D eigenvalue weighted by molar-refractivity contribution is 5.90. The van der Waals surface area contributed by atoms with Gasteiger partial charge in [0.1, 0.15) is 31.0 Å². The van der Waals surface area contributed by atoms with Crippen molar-refractivity contribution < 1.29 is 59.1 Å². The number of rotatable bonds is 7. The first-order chi connectivity index (χ1) is 16.7. The molecule has 1 aromatic rings. The zero-order chi connectivity index (χ0) is 25.3. The van der Waals surface area contributed by atoms with Gasteiger partial charge in [-0.15, -0.1) is 0 Å². The lowest BCUT2D eigenvalue weighted by molar-refractivity contribution is -0.339. The molecule has 3 aliphatic rings. The molecule has 0 spiro atoms. The number of carbonyl (C=O) groups is 1. The smallest absolute Gasteiger partial charge is 0.338 e. The highest BCUT2D eigenvalue weighted by atomic mass is 16.8. The van der Waals surface area contributed by atoms with Crippen molar-refractivity contribution in [1.82, 2.24) is 0 Å². The topological polar surface area (TPSA) is 185 Å². The number of aromatic hydroxyl groups is 1. The number of methoxy groups -OCH3 is 1. The van der Waals surface area contributed by atoms with Gasteiger partial charge in [-0.3, -0.25) is 0 Å². The van der Waals surface area contributed by atoms with E-state index in [1.54, 1.807) is 6.08 Å². The Labute approximate surface area is 200 Å². The molecule has 0 unspecified atom stereocenters. The maximum atomic E-state index is 12.5. The fourth-order valence-corrected chi connectivity index (χ4v) is 4.40. The minimum absolute atomic E-state index is 0.105. The Balaban J connectivity index is 1.46. The van der Waals surface area contributed by atoms with Gasteiger partial charge in [-0.25, -0.2) is 4.79 Å². The van der Waals surface area contributed by atoms with Crippen molar-refractivity contribution in [3.8, 4) is 11.5 Å². The van der Waals surface area contributed by atoms with Gasteiger partial charge in [-0.1, -0.05) is 6.08 Å². The van der Waals surface area contributed by atoms with E-state index in [1.165, 1.54) is 37.6 Å². The molecule has 0 bridgehead atoms. The number of esters is 1. The third kappa shape index (κ3) is 5.00. The maximum absolute atomic E-state index is 12.5. The SMILES string of the molecule is COc1cc(C(=O)OCC2=C[C@@H](O)[C@@H]3C=CO[C@@H](O[C@@H]4O[C@H](CO)[C@@H](O)[C@H](O)[C@H]4O)[C@H]23)ccc1O. The highest BCUT2D eigenvalue weighted by Crippen LogP contribution is 2.41. The van der Waals surface area contributed by atoms with E-state index < -0.39 is 67.5 Å². The van der Waals surface area contributed by atoms with E-state index in [0.29, 0.717) is 5.57 Å². The summed E-state index contributed by atoms with van der Waals surface area (Å²) in [6, 6.07) is 4.00. The molecule has 1 saturated heterocycles. The molecule has 2 aliphatic heterocycles. The summed E-state index contributed by atoms with van der Waals surface area (Å²) in [4.78, 5) is 12.5. The quantitative estimate of drug-likeness (QED) is 0.196. The van der Waals surface area contributed by atoms with E-state index in [2.05, 4.69) is 0 Å². The van der Waals surface area contributed by atoms with Crippen molar-refractivity contribution in [2.24, 2.45) is 11.8 Å². The average Bonchev–Trinajstić information content (AvgIpc) is 3.19. The number of phenols is 1. The normalized spacial score (nSPS) is 36.2. The van der Waals surface area contributed by atoms with Gasteiger partial charge < -0.3 is 54.3 Å². The van der Waals surface area contributed by atoms with Crippen LogP contribution < -0.4 is 4.74 Å². The predicted molar refractivity (Wildman–Crippen MR) is 115 cm³/mol. The first-order valence-electron chi connectivity index (χ1n) is 11.0. The van der Waals surface area contributed by atoms with Crippen LogP contribution in [-0.4, -0.2) is 100 Å². The van der Waals surface area contributed by atoms with Gasteiger partial charge in [0.25, 0.3) is 0 Å². The number of aliphatic hydroxyl groups is 5. The Morgan fingerprint density at radius 1 is 1.09 bits per heavy atom. The molecule has 192 valence electrons. The van der Waals surface area contributed by atoms with Crippen molar-refractivity contribution in [2.45, 2.75) is 43.1 Å². The van der Waals surface area contributed by atoms with Crippen molar-refractivity contribution in [3.63, 3.8) is 0 Å². The summed E-state index contributed by atoms with van der Waals surface area (Å²) in [5, 5.41) is 59.9. The van der Waals surface area contributed by atoms with Crippen LogP contribution in [0.1, 0.15) is 10.4 Å². The van der Waals surface area contributed by atoms with Crippen LogP contribution >= 0.6 is 0 Å². The Morgan fingerprint density at radius 3 is 2.57 bits per heavy atom. The molecule has 0 amide bonds. The van der Waals surface area contributed by atoms with Gasteiger partial charge in [-0.05, 0) is 29.8 Å². The number of phenolic OH excluding ortho intramolecular Hbond substituents is 1. The van der Waals surface area contributed by atoms with Gasteiger partial charge in [0.05, 0.1) is 37.6 Å². The molecule has 4 rings (SSSR count). The van der Waals surface area contributed by atoms with Gasteiger partial charge in [0.15, 0.2) is 17.8 Å². The van der Waals surface area contributed by atoms with E-state index >= 15 is 0 Å². The fraction of sp³-hybridized carbons (Fsp3) is 0.522. The number of hydrogen-bond acceptors (Lipinski definition) is 12. The summed E-state index contributed by atoms with van der Waals surface area (Å²) in [5.74, 6) is -1.84. The van der Waals surface area contributed by atoms with Crippen LogP contribution in [-0.2, 0) is 18.9 Å². The molecule has 0 radical (unpaired) electrons. The van der Waals surface area contributed by atoms with E-state index in [0.717, 1.165) is 0 Å². The van der Waals surface area contributed by atoms with E-state index in [1.807, 2.05) is 0 Å². The van der Waals surface area contributed by atoms with E-state index in [9.17, 15) is 35.4 Å². The molecule has 9 atom stereocenters. The van der Waals surface area contributed by atoms with Gasteiger partial charge in [0, 0.05) is 5.92 Å². The standard InChI is InChI=1S/C23H28O12/c1-31-15-7-10(2-3-13(15)25)21(30)33-9-11-6-14(26)12-4-5-32-22(17(11)12)35-23-20(29)19(28)18(27)16(8-24)34-23/h2-7,12,14,16-20,22-29H,8-9H2,1H3/t12-,14+,16+,17+,18+,19-,20+,22-,23-/m0/s1. The Bertz CT molecular complexity index is 975. The highest BCUT2D eigenvalue weighted by Gasteiger charge is 2.49. The number of carbonyl (C=O) groups excluding carboxylic acids is 1. The van der Waals surface area contributed by atoms with Crippen LogP contribution in [0.15, 0.2) is 42.2 Å². The summed E-state index contributed by atoms with van der Waals surface area (Å²) in [6.07, 6.45) is -5.00. The number of benzene rings is 1. The second-order valence-corrected chi connectivity index (χ2v) is 8.46. The van der Waals surface area contributed by atoms with Crippen LogP contribution in [0.5, 0.6) is 11.5 Å². The molecule has 1 aliphatic carbocycles. The number of aliphatic hydroxyl groups excluding tert-OH is 5. The summed E-state index contributed by atoms with van der Waals surface area (Å²) in [7, 11) is 1.35. The largest absolute Gasteiger partial charge is 0.504 e. The molecule has 0 saturated carbocycles. The van der Waals surface area contributed by atoms with Crippen LogP contribution in [0, 0.1) is 11.8 Å². The van der Waals surface area contributed by atoms with Gasteiger partial charge in [0.2, 0.25) is 6.29 Å². The summed E-state index contributed by atoms with van der Waals surface area (Å²) in [6.45, 7) is -0.837. The molecular formula is C23H28O12. The lowest BCUT2D eigenvalue weighted by Gasteiger charge is -2.42. The molecule has 0 aromatic heterocycles. The zero-order valence-electron chi connectivity index (χ0n) is 18.7. The summed E-state index contributed by atoms with van der Waals surface area (Å²) < 4.78 is 27.1. The predicted octanol–water partition coefficient (Wildman–Crippen LogP) is -1.22. The summed E-state index contributed by atoms with van der Waals surface area (Å²) in [5.41, 5.74) is 0.629. The van der Waals surface area contributed by atoms with Crippen molar-refractivity contribution in [3.05, 3.63) is 47.7 Å². The summed E-state index contributed by atoms with van der Waals surface area (Å²) >= 11 is 0. The third-order valence-corrected chi connectivity index (χ3v) is 6.33. The van der Waals surface area contributed by atoms with Crippen LogP contribution in [0.4, 0.5) is 0 Å². The van der Waals surface area contributed by atoms with Gasteiger partial charge >= 0.3 is 5.97 Å². The molecule has 12 heteroatoms. The number of hydrogen-bond donors (Lipinski definition) is 6. The van der Waals surface area contributed by atoms with Gasteiger partial charge in [-0.2, -0.15) is 0 Å². The lowest BCUT2D eigenvalue weighted by Crippen LogP contribution is -2.60. The van der Waals surface area contributed by atoms with Crippen LogP contribution in [0.3, 0.4) is 0 Å². The van der Waals surface area contributed by atoms with E-state index in [4.69, 9.17) is 23.7 Å². The second kappa shape index (κ2) is 10.5. The fourth-order valence-electron chi connectivity index (χ4n) is 4.40. The zero-order valence-corrected chi connectivity index (χ0v) is 18.7. The Morgan fingerprint density at radius 2 is 1.86 bits per heavy atom. The first-order valence-corrected chi connectivity index (χ1v) is 11.0. The number of ether oxygens (including phenoxy) is 5. The number of fused-ring (bicyclic) bond motifs is 1. The van der Waals surface area contributed by atoms with Crippen LogP contribution in [0.2, 0.25) is 0 Å². The molecule has 1 fully saturated rings. The second-order valence-electron chi connectivity index (χ2n) is 8.46. The monoisotopic (exact) mass is 496 g/mol. The molecule has 12 nitrogen and oxygen atoms in total. The molecule has 1 aromatic carbocycles. The molecule has 6 N–H and O–H groups in total. The first kappa shape index (κ1) is 25.4. The van der Waals surface area contributed by atoms with Crippen LogP contribution in [0.25, 0.3) is 0 Å². The van der Waals surface area contributed by atoms with E-state index in [-0.39, 0.29) is 23.7 Å². The Hall–Kier alpha value is -2.71.